The molecule has 4 aliphatic heterocycles. The maximum atomic E-state index is 12.6. The minimum atomic E-state index is -0.515. The molecule has 3 aromatic rings. The number of carbonyl (C=O) groups excluding carboxylic acids is 2. The van der Waals surface area contributed by atoms with E-state index in [0.29, 0.717) is 0 Å². The van der Waals surface area contributed by atoms with Crippen molar-refractivity contribution in [2.45, 2.75) is 105 Å². The Kier molecular flexibility index (Phi) is 11.8. The summed E-state index contributed by atoms with van der Waals surface area (Å²) in [4.78, 5) is 31.7. The fourth-order valence-corrected chi connectivity index (χ4v) is 9.72. The molecule has 0 aliphatic carbocycles. The third kappa shape index (κ3) is 8.79. The number of fused-ring (bicyclic) bond motifs is 2. The third-order valence-corrected chi connectivity index (χ3v) is 12.4. The second-order valence-corrected chi connectivity index (χ2v) is 18.1. The van der Waals surface area contributed by atoms with Crippen molar-refractivity contribution >= 4 is 45.3 Å². The number of nitrogens with zero attached hydrogens (tertiary/aromatic N) is 2. The molecule has 0 aromatic heterocycles. The molecule has 0 bridgehead atoms. The zero-order valence-corrected chi connectivity index (χ0v) is 30.8. The van der Waals surface area contributed by atoms with Crippen LogP contribution in [-0.2, 0) is 19.1 Å². The second-order valence-electron chi connectivity index (χ2n) is 14.5. The monoisotopic (exact) mass is 692 g/mol. The summed E-state index contributed by atoms with van der Waals surface area (Å²) in [5.41, 5.74) is -0.0201. The van der Waals surface area contributed by atoms with Crippen LogP contribution in [0.1, 0.15) is 67.2 Å². The Morgan fingerprint density at radius 1 is 0.660 bits per heavy atom. The lowest BCUT2D eigenvalue weighted by atomic mass is 9.93. The predicted molar refractivity (Wildman–Crippen MR) is 194 cm³/mol. The van der Waals surface area contributed by atoms with Crippen LogP contribution >= 0.6 is 33.3 Å². The van der Waals surface area contributed by atoms with E-state index in [9.17, 15) is 9.59 Å². The molecule has 4 heterocycles. The van der Waals surface area contributed by atoms with Gasteiger partial charge >= 0.3 is 11.9 Å². The van der Waals surface area contributed by atoms with Crippen LogP contribution < -0.4 is 0 Å². The van der Waals surface area contributed by atoms with Gasteiger partial charge in [-0.05, 0) is 62.1 Å². The minimum absolute atomic E-state index is 0.00694. The molecule has 47 heavy (non-hydrogen) atoms. The Morgan fingerprint density at radius 3 is 1.68 bits per heavy atom. The van der Waals surface area contributed by atoms with Crippen molar-refractivity contribution in [3.05, 3.63) is 91.0 Å². The highest BCUT2D eigenvalue weighted by Gasteiger charge is 2.61. The van der Waals surface area contributed by atoms with E-state index in [1.54, 1.807) is 33.3 Å². The zero-order chi connectivity index (χ0) is 33.7. The van der Waals surface area contributed by atoms with Crippen molar-refractivity contribution in [1.29, 1.82) is 0 Å². The van der Waals surface area contributed by atoms with Gasteiger partial charge in [-0.3, -0.25) is 9.69 Å². The average Bonchev–Trinajstić information content (AvgIpc) is 3.82. The number of hydrogen-bond acceptors (Lipinski definition) is 9. The van der Waals surface area contributed by atoms with E-state index >= 15 is 0 Å². The summed E-state index contributed by atoms with van der Waals surface area (Å²) >= 11 is 1.65. The van der Waals surface area contributed by atoms with Gasteiger partial charge in [0.2, 0.25) is 0 Å². The molecule has 3 aromatic carbocycles. The number of benzene rings is 3. The smallest absolute Gasteiger partial charge is 0.339 e. The number of ether oxygens (including phenoxy) is 2. The van der Waals surface area contributed by atoms with Crippen LogP contribution in [0.2, 0.25) is 0 Å². The summed E-state index contributed by atoms with van der Waals surface area (Å²) in [6.07, 6.45) is 3.92. The lowest BCUT2D eigenvalue weighted by molar-refractivity contribution is -0.149. The highest BCUT2D eigenvalue weighted by Crippen LogP contribution is 2.52. The Bertz CT molecular complexity index is 1420. The summed E-state index contributed by atoms with van der Waals surface area (Å²) in [5, 5.41) is 0. The lowest BCUT2D eigenvalue weighted by Gasteiger charge is -2.34. The molecule has 0 saturated carbocycles. The summed E-state index contributed by atoms with van der Waals surface area (Å²) in [6.45, 7) is 14.7. The molecule has 4 saturated heterocycles. The van der Waals surface area contributed by atoms with Crippen molar-refractivity contribution < 1.29 is 19.1 Å². The molecule has 6 nitrogen and oxygen atoms in total. The molecule has 0 spiro atoms. The molecule has 9 heteroatoms. The van der Waals surface area contributed by atoms with Crippen molar-refractivity contribution in [2.75, 3.05) is 13.1 Å². The molecule has 0 unspecified atom stereocenters. The predicted octanol–water partition coefficient (Wildman–Crippen LogP) is 9.37. The summed E-state index contributed by atoms with van der Waals surface area (Å²) in [6, 6.07) is 31.0. The summed E-state index contributed by atoms with van der Waals surface area (Å²) in [7, 11) is 3.58. The Balaban J connectivity index is 0.000000143. The van der Waals surface area contributed by atoms with E-state index < -0.39 is 4.87 Å². The van der Waals surface area contributed by atoms with Gasteiger partial charge < -0.3 is 9.47 Å². The summed E-state index contributed by atoms with van der Waals surface area (Å²) in [5.74, 6) is -0.0822. The highest BCUT2D eigenvalue weighted by molar-refractivity contribution is 8.76. The number of rotatable bonds is 5. The first-order valence-electron chi connectivity index (χ1n) is 16.5. The van der Waals surface area contributed by atoms with E-state index in [-0.39, 0.29) is 41.3 Å². The van der Waals surface area contributed by atoms with Crippen LogP contribution in [0.15, 0.2) is 106 Å². The fourth-order valence-electron chi connectivity index (χ4n) is 6.38. The third-order valence-electron chi connectivity index (χ3n) is 8.53. The molecular formula is C38H48N2O4S3. The molecule has 4 atom stereocenters. The SMILES string of the molecule is CC(C)(C)[C@H]1OC(=O)[C@@H]2CCCN21.CC(C)(C)[C@H]1OC(=O)[C@@]2(Sc3ccccc3)CCCN12.c1ccc(SSc2ccccc2)cc1. The highest BCUT2D eigenvalue weighted by atomic mass is 33.1. The van der Waals surface area contributed by atoms with E-state index in [4.69, 9.17) is 9.47 Å². The molecule has 4 fully saturated rings. The summed E-state index contributed by atoms with van der Waals surface area (Å²) < 4.78 is 11.1. The van der Waals surface area contributed by atoms with Crippen LogP contribution in [-0.4, -0.2) is 58.2 Å². The van der Waals surface area contributed by atoms with Crippen LogP contribution in [0, 0.1) is 10.8 Å². The maximum Gasteiger partial charge on any atom is 0.339 e. The van der Waals surface area contributed by atoms with Gasteiger partial charge in [-0.25, -0.2) is 9.69 Å². The average molecular weight is 693 g/mol. The van der Waals surface area contributed by atoms with Crippen LogP contribution in [0.5, 0.6) is 0 Å². The molecule has 0 N–H and O–H groups in total. The van der Waals surface area contributed by atoms with Gasteiger partial charge in [0.1, 0.15) is 6.04 Å². The van der Waals surface area contributed by atoms with E-state index in [0.717, 1.165) is 43.7 Å². The van der Waals surface area contributed by atoms with Gasteiger partial charge in [-0.1, -0.05) is 129 Å². The van der Waals surface area contributed by atoms with Gasteiger partial charge in [0.15, 0.2) is 17.3 Å². The Morgan fingerprint density at radius 2 is 1.17 bits per heavy atom. The number of carbonyl (C=O) groups is 2. The van der Waals surface area contributed by atoms with Gasteiger partial charge in [0.25, 0.3) is 0 Å². The van der Waals surface area contributed by atoms with Crippen molar-refractivity contribution in [2.24, 2.45) is 10.8 Å². The Hall–Kier alpha value is -2.43. The molecule has 252 valence electrons. The van der Waals surface area contributed by atoms with Crippen molar-refractivity contribution in [3.63, 3.8) is 0 Å². The maximum absolute atomic E-state index is 12.6. The topological polar surface area (TPSA) is 59.1 Å². The molecule has 4 aliphatic rings. The quantitative estimate of drug-likeness (QED) is 0.192. The molecule has 0 radical (unpaired) electrons. The lowest BCUT2D eigenvalue weighted by Crippen LogP contribution is -2.46. The normalized spacial score (nSPS) is 25.5. The molecule has 7 rings (SSSR count). The number of cyclic esters (lactones) is 2. The van der Waals surface area contributed by atoms with E-state index in [2.05, 4.69) is 112 Å². The standard InChI is InChI=1S/C16H21NO2S.C12H10S2.C10H17NO2/c1-15(2,3)13-17-11-7-10-16(17,14(18)19-13)20-12-8-5-4-6-9-12;1-3-7-11(8-4-1)13-14-12-9-5-2-6-10-12;1-10(2,3)9-11-6-4-5-7(11)8(12)13-9/h4-6,8-9,13H,7,10-11H2,1-3H3;1-10H;7,9H,4-6H2,1-3H3/t13-,16+;;7-,9+/m1.0/s1. The van der Waals surface area contributed by atoms with Crippen molar-refractivity contribution in [1.82, 2.24) is 9.80 Å². The van der Waals surface area contributed by atoms with E-state index in [1.807, 2.05) is 30.3 Å². The minimum Gasteiger partial charge on any atom is -0.445 e. The molecule has 0 amide bonds. The van der Waals surface area contributed by atoms with Gasteiger partial charge in [-0.2, -0.15) is 0 Å². The van der Waals surface area contributed by atoms with Gasteiger partial charge in [0.05, 0.1) is 0 Å². The van der Waals surface area contributed by atoms with E-state index in [1.165, 1.54) is 9.79 Å². The first kappa shape index (κ1) is 35.9. The second kappa shape index (κ2) is 15.4. The van der Waals surface area contributed by atoms with Crippen LogP contribution in [0.25, 0.3) is 0 Å². The first-order chi connectivity index (χ1) is 22.4. The van der Waals surface area contributed by atoms with Crippen LogP contribution in [0.3, 0.4) is 0 Å². The number of esters is 2. The number of hydrogen-bond donors (Lipinski definition) is 0. The van der Waals surface area contributed by atoms with Crippen molar-refractivity contribution in [3.8, 4) is 0 Å². The first-order valence-corrected chi connectivity index (χ1v) is 19.5. The van der Waals surface area contributed by atoms with Gasteiger partial charge in [0, 0.05) is 38.6 Å². The largest absolute Gasteiger partial charge is 0.445 e. The zero-order valence-electron chi connectivity index (χ0n) is 28.4. The van der Waals surface area contributed by atoms with Gasteiger partial charge in [-0.15, -0.1) is 0 Å². The number of thioether (sulfide) groups is 1. The fraction of sp³-hybridized carbons (Fsp3) is 0.474. The van der Waals surface area contributed by atoms with Crippen LogP contribution in [0.4, 0.5) is 0 Å². The molecular weight excluding hydrogens is 645 g/mol. The Labute approximate surface area is 293 Å².